The standard InChI is InChI=1S/C13H9ClF3NO2/c14-11-6-18-12(5-9(11)7-19)8-1-3-10(4-2-8)20-13(15,16)17/h1-6,19H,7H2. The third-order valence-electron chi connectivity index (χ3n) is 2.49. The van der Waals surface area contributed by atoms with Crippen LogP contribution in [0.4, 0.5) is 13.2 Å². The van der Waals surface area contributed by atoms with Gasteiger partial charge in [-0.3, -0.25) is 4.98 Å². The average molecular weight is 304 g/mol. The van der Waals surface area contributed by atoms with E-state index in [9.17, 15) is 13.2 Å². The van der Waals surface area contributed by atoms with E-state index in [0.29, 0.717) is 21.8 Å². The molecule has 0 amide bonds. The van der Waals surface area contributed by atoms with Crippen molar-refractivity contribution in [1.82, 2.24) is 4.98 Å². The average Bonchev–Trinajstić information content (AvgIpc) is 2.38. The van der Waals surface area contributed by atoms with Gasteiger partial charge in [0, 0.05) is 11.8 Å². The number of aliphatic hydroxyl groups excluding tert-OH is 1. The van der Waals surface area contributed by atoms with Crippen LogP contribution in [0.3, 0.4) is 0 Å². The Morgan fingerprint density at radius 2 is 1.85 bits per heavy atom. The summed E-state index contributed by atoms with van der Waals surface area (Å²) in [6.45, 7) is -0.246. The predicted molar refractivity (Wildman–Crippen MR) is 67.3 cm³/mol. The summed E-state index contributed by atoms with van der Waals surface area (Å²) in [5.74, 6) is -0.308. The van der Waals surface area contributed by atoms with E-state index in [1.54, 1.807) is 6.07 Å². The monoisotopic (exact) mass is 303 g/mol. The molecule has 0 bridgehead atoms. The van der Waals surface area contributed by atoms with Gasteiger partial charge in [0.15, 0.2) is 0 Å². The zero-order valence-electron chi connectivity index (χ0n) is 9.99. The Hall–Kier alpha value is -1.79. The quantitative estimate of drug-likeness (QED) is 0.938. The Labute approximate surface area is 117 Å². The molecule has 1 aromatic carbocycles. The van der Waals surface area contributed by atoms with Crippen LogP contribution in [-0.4, -0.2) is 16.5 Å². The third kappa shape index (κ3) is 3.61. The van der Waals surface area contributed by atoms with Crippen molar-refractivity contribution >= 4 is 11.6 Å². The maximum Gasteiger partial charge on any atom is 0.573 e. The van der Waals surface area contributed by atoms with Gasteiger partial charge in [-0.2, -0.15) is 0 Å². The number of ether oxygens (including phenoxy) is 1. The molecule has 3 nitrogen and oxygen atoms in total. The minimum absolute atomic E-state index is 0.246. The molecule has 106 valence electrons. The number of halogens is 4. The molecule has 0 aliphatic carbocycles. The molecule has 0 spiro atoms. The lowest BCUT2D eigenvalue weighted by molar-refractivity contribution is -0.274. The molecule has 0 atom stereocenters. The van der Waals surface area contributed by atoms with Crippen molar-refractivity contribution in [3.05, 3.63) is 47.1 Å². The molecule has 0 unspecified atom stereocenters. The molecule has 0 fully saturated rings. The van der Waals surface area contributed by atoms with Crippen LogP contribution in [-0.2, 0) is 6.61 Å². The fraction of sp³-hybridized carbons (Fsp3) is 0.154. The minimum atomic E-state index is -4.72. The summed E-state index contributed by atoms with van der Waals surface area (Å²) in [7, 11) is 0. The Kier molecular flexibility index (Phi) is 4.15. The largest absolute Gasteiger partial charge is 0.573 e. The number of pyridine rings is 1. The Balaban J connectivity index is 2.26. The van der Waals surface area contributed by atoms with E-state index in [-0.39, 0.29) is 12.4 Å². The lowest BCUT2D eigenvalue weighted by Gasteiger charge is -2.09. The molecule has 0 saturated carbocycles. The van der Waals surface area contributed by atoms with E-state index in [2.05, 4.69) is 9.72 Å². The third-order valence-corrected chi connectivity index (χ3v) is 2.83. The van der Waals surface area contributed by atoms with Gasteiger partial charge in [0.1, 0.15) is 5.75 Å². The van der Waals surface area contributed by atoms with Crippen molar-refractivity contribution < 1.29 is 23.0 Å². The van der Waals surface area contributed by atoms with E-state index in [4.69, 9.17) is 16.7 Å². The molecular formula is C13H9ClF3NO2. The summed E-state index contributed by atoms with van der Waals surface area (Å²) in [6, 6.07) is 6.84. The van der Waals surface area contributed by atoms with E-state index in [0.717, 1.165) is 0 Å². The zero-order chi connectivity index (χ0) is 14.8. The minimum Gasteiger partial charge on any atom is -0.406 e. The first-order chi connectivity index (χ1) is 9.39. The Morgan fingerprint density at radius 1 is 1.20 bits per heavy atom. The number of nitrogens with zero attached hydrogens (tertiary/aromatic N) is 1. The molecule has 0 saturated heterocycles. The number of aromatic nitrogens is 1. The van der Waals surface area contributed by atoms with E-state index in [1.807, 2.05) is 0 Å². The number of benzene rings is 1. The normalized spacial score (nSPS) is 11.4. The molecule has 2 rings (SSSR count). The molecule has 0 radical (unpaired) electrons. The summed E-state index contributed by atoms with van der Waals surface area (Å²) in [4.78, 5) is 4.06. The molecule has 0 aliphatic heterocycles. The van der Waals surface area contributed by atoms with Crippen molar-refractivity contribution in [2.24, 2.45) is 0 Å². The summed E-state index contributed by atoms with van der Waals surface area (Å²) >= 11 is 5.81. The lowest BCUT2D eigenvalue weighted by Crippen LogP contribution is -2.16. The molecule has 2 aromatic rings. The smallest absolute Gasteiger partial charge is 0.406 e. The second kappa shape index (κ2) is 5.68. The Bertz CT molecular complexity index is 600. The highest BCUT2D eigenvalue weighted by molar-refractivity contribution is 6.31. The second-order valence-electron chi connectivity index (χ2n) is 3.89. The summed E-state index contributed by atoms with van der Waals surface area (Å²) in [6.07, 6.45) is -3.34. The Morgan fingerprint density at radius 3 is 2.40 bits per heavy atom. The first-order valence-electron chi connectivity index (χ1n) is 5.50. The molecule has 20 heavy (non-hydrogen) atoms. The van der Waals surface area contributed by atoms with Gasteiger partial charge in [-0.1, -0.05) is 11.6 Å². The van der Waals surface area contributed by atoms with Crippen LogP contribution in [0.25, 0.3) is 11.3 Å². The van der Waals surface area contributed by atoms with E-state index < -0.39 is 6.36 Å². The topological polar surface area (TPSA) is 42.4 Å². The second-order valence-corrected chi connectivity index (χ2v) is 4.30. The maximum atomic E-state index is 12.0. The first kappa shape index (κ1) is 14.6. The van der Waals surface area contributed by atoms with Gasteiger partial charge in [-0.05, 0) is 35.9 Å². The van der Waals surface area contributed by atoms with Crippen LogP contribution in [0.2, 0.25) is 5.02 Å². The molecule has 1 N–H and O–H groups in total. The van der Waals surface area contributed by atoms with E-state index in [1.165, 1.54) is 30.5 Å². The van der Waals surface area contributed by atoms with Crippen molar-refractivity contribution in [3.8, 4) is 17.0 Å². The number of alkyl halides is 3. The fourth-order valence-electron chi connectivity index (χ4n) is 1.59. The highest BCUT2D eigenvalue weighted by atomic mass is 35.5. The molecule has 1 aromatic heterocycles. The molecule has 0 aliphatic rings. The molecular weight excluding hydrogens is 295 g/mol. The van der Waals surface area contributed by atoms with Crippen LogP contribution in [0.1, 0.15) is 5.56 Å². The number of aliphatic hydroxyl groups is 1. The van der Waals surface area contributed by atoms with Gasteiger partial charge >= 0.3 is 6.36 Å². The highest BCUT2D eigenvalue weighted by Crippen LogP contribution is 2.27. The van der Waals surface area contributed by atoms with Crippen molar-refractivity contribution in [2.45, 2.75) is 13.0 Å². The SMILES string of the molecule is OCc1cc(-c2ccc(OC(F)(F)F)cc2)ncc1Cl. The lowest BCUT2D eigenvalue weighted by atomic mass is 10.1. The summed E-state index contributed by atoms with van der Waals surface area (Å²) < 4.78 is 39.9. The van der Waals surface area contributed by atoms with Crippen LogP contribution in [0, 0.1) is 0 Å². The maximum absolute atomic E-state index is 12.0. The summed E-state index contributed by atoms with van der Waals surface area (Å²) in [5.41, 5.74) is 1.58. The van der Waals surface area contributed by atoms with Crippen LogP contribution >= 0.6 is 11.6 Å². The van der Waals surface area contributed by atoms with Crippen LogP contribution < -0.4 is 4.74 Å². The van der Waals surface area contributed by atoms with Gasteiger partial charge < -0.3 is 9.84 Å². The van der Waals surface area contributed by atoms with Gasteiger partial charge in [0.2, 0.25) is 0 Å². The van der Waals surface area contributed by atoms with E-state index >= 15 is 0 Å². The number of rotatable bonds is 3. The number of hydrogen-bond donors (Lipinski definition) is 1. The fourth-order valence-corrected chi connectivity index (χ4v) is 1.75. The number of hydrogen-bond acceptors (Lipinski definition) is 3. The van der Waals surface area contributed by atoms with Crippen LogP contribution in [0.15, 0.2) is 36.5 Å². The van der Waals surface area contributed by atoms with Crippen molar-refractivity contribution in [2.75, 3.05) is 0 Å². The van der Waals surface area contributed by atoms with Gasteiger partial charge in [-0.25, -0.2) is 0 Å². The zero-order valence-corrected chi connectivity index (χ0v) is 10.7. The predicted octanol–water partition coefficient (Wildman–Crippen LogP) is 3.79. The van der Waals surface area contributed by atoms with Gasteiger partial charge in [0.25, 0.3) is 0 Å². The molecule has 1 heterocycles. The van der Waals surface area contributed by atoms with Gasteiger partial charge in [0.05, 0.1) is 17.3 Å². The van der Waals surface area contributed by atoms with Crippen LogP contribution in [0.5, 0.6) is 5.75 Å². The highest BCUT2D eigenvalue weighted by Gasteiger charge is 2.30. The van der Waals surface area contributed by atoms with Crippen molar-refractivity contribution in [3.63, 3.8) is 0 Å². The summed E-state index contributed by atoms with van der Waals surface area (Å²) in [5, 5.41) is 9.43. The first-order valence-corrected chi connectivity index (χ1v) is 5.88. The van der Waals surface area contributed by atoms with Gasteiger partial charge in [-0.15, -0.1) is 13.2 Å². The van der Waals surface area contributed by atoms with Crippen molar-refractivity contribution in [1.29, 1.82) is 0 Å². The molecule has 7 heteroatoms.